The molecular formula is C15H18N2O3. The molecule has 2 fully saturated rings. The molecule has 3 aliphatic heterocycles. The Labute approximate surface area is 117 Å². The summed E-state index contributed by atoms with van der Waals surface area (Å²) in [6.45, 7) is 3.92. The summed E-state index contributed by atoms with van der Waals surface area (Å²) in [5.74, 6) is 1.72. The van der Waals surface area contributed by atoms with E-state index in [-0.39, 0.29) is 11.3 Å². The highest BCUT2D eigenvalue weighted by atomic mass is 16.6. The second-order valence-corrected chi connectivity index (χ2v) is 5.91. The average Bonchev–Trinajstić information content (AvgIpc) is 3.06. The molecule has 3 aliphatic rings. The predicted octanol–water partition coefficient (Wildman–Crippen LogP) is 1.17. The monoisotopic (exact) mass is 274 g/mol. The van der Waals surface area contributed by atoms with E-state index in [0.717, 1.165) is 43.2 Å². The summed E-state index contributed by atoms with van der Waals surface area (Å²) in [6.07, 6.45) is 1.73. The molecule has 1 N–H and O–H groups in total. The maximum absolute atomic E-state index is 12.3. The summed E-state index contributed by atoms with van der Waals surface area (Å²) in [5.41, 5.74) is 1.05. The van der Waals surface area contributed by atoms with Gasteiger partial charge in [-0.15, -0.1) is 0 Å². The Morgan fingerprint density at radius 2 is 2.05 bits per heavy atom. The number of hydrogen-bond donors (Lipinski definition) is 1. The van der Waals surface area contributed by atoms with Crippen molar-refractivity contribution < 1.29 is 14.3 Å². The maximum atomic E-state index is 12.3. The molecule has 0 bridgehead atoms. The lowest BCUT2D eigenvalue weighted by Crippen LogP contribution is -2.30. The highest BCUT2D eigenvalue weighted by Gasteiger charge is 2.45. The quantitative estimate of drug-likeness (QED) is 0.835. The smallest absolute Gasteiger partial charge is 0.227 e. The van der Waals surface area contributed by atoms with Crippen molar-refractivity contribution >= 4 is 11.6 Å². The summed E-state index contributed by atoms with van der Waals surface area (Å²) >= 11 is 0. The molecule has 1 aromatic carbocycles. The highest BCUT2D eigenvalue weighted by Crippen LogP contribution is 2.41. The van der Waals surface area contributed by atoms with Gasteiger partial charge < -0.3 is 19.7 Å². The molecule has 1 atom stereocenters. The van der Waals surface area contributed by atoms with Gasteiger partial charge >= 0.3 is 0 Å². The first-order chi connectivity index (χ1) is 9.76. The molecule has 0 unspecified atom stereocenters. The van der Waals surface area contributed by atoms with E-state index in [1.807, 2.05) is 23.1 Å². The zero-order chi connectivity index (χ0) is 13.6. The van der Waals surface area contributed by atoms with Crippen LogP contribution in [0.15, 0.2) is 18.2 Å². The van der Waals surface area contributed by atoms with Crippen molar-refractivity contribution in [2.75, 3.05) is 37.7 Å². The highest BCUT2D eigenvalue weighted by molar-refractivity contribution is 5.96. The van der Waals surface area contributed by atoms with E-state index in [1.165, 1.54) is 0 Å². The second-order valence-electron chi connectivity index (χ2n) is 5.91. The molecule has 106 valence electrons. The fraction of sp³-hybridized carbons (Fsp3) is 0.533. The van der Waals surface area contributed by atoms with Gasteiger partial charge in [0.1, 0.15) is 13.2 Å². The Kier molecular flexibility index (Phi) is 2.63. The lowest BCUT2D eigenvalue weighted by atomic mass is 9.86. The first-order valence-electron chi connectivity index (χ1n) is 7.17. The van der Waals surface area contributed by atoms with Crippen molar-refractivity contribution in [2.45, 2.75) is 12.8 Å². The first-order valence-corrected chi connectivity index (χ1v) is 7.17. The molecule has 1 aromatic rings. The van der Waals surface area contributed by atoms with Crippen LogP contribution >= 0.6 is 0 Å². The number of fused-ring (bicyclic) bond motifs is 1. The number of hydrogen-bond acceptors (Lipinski definition) is 4. The van der Waals surface area contributed by atoms with E-state index in [2.05, 4.69) is 5.32 Å². The number of carbonyl (C=O) groups excluding carboxylic acids is 1. The molecule has 3 heterocycles. The molecular weight excluding hydrogens is 256 g/mol. The Hall–Kier alpha value is -1.75. The number of benzene rings is 1. The molecule has 0 saturated carbocycles. The Morgan fingerprint density at radius 1 is 1.20 bits per heavy atom. The second kappa shape index (κ2) is 4.38. The van der Waals surface area contributed by atoms with Gasteiger partial charge in [-0.25, -0.2) is 0 Å². The summed E-state index contributed by atoms with van der Waals surface area (Å²) in [7, 11) is 0. The lowest BCUT2D eigenvalue weighted by molar-refractivity contribution is -0.117. The first kappa shape index (κ1) is 12.0. The number of amides is 1. The third-order valence-electron chi connectivity index (χ3n) is 4.49. The number of nitrogens with one attached hydrogen (secondary N) is 1. The van der Waals surface area contributed by atoms with E-state index >= 15 is 0 Å². The number of nitrogens with zero attached hydrogens (tertiary/aromatic N) is 1. The van der Waals surface area contributed by atoms with Gasteiger partial charge in [-0.1, -0.05) is 0 Å². The summed E-state index contributed by atoms with van der Waals surface area (Å²) in [4.78, 5) is 14.2. The minimum Gasteiger partial charge on any atom is -0.486 e. The fourth-order valence-corrected chi connectivity index (χ4v) is 3.41. The van der Waals surface area contributed by atoms with Gasteiger partial charge in [0.25, 0.3) is 0 Å². The van der Waals surface area contributed by atoms with Crippen LogP contribution in [0.1, 0.15) is 12.8 Å². The SMILES string of the molecule is O=C1C[C@@]2(CCNC2)CN1c1ccc2c(c1)OCCO2. The third kappa shape index (κ3) is 1.85. The Morgan fingerprint density at radius 3 is 2.85 bits per heavy atom. The standard InChI is InChI=1S/C15H18N2O3/c18-14-8-15(3-4-16-9-15)10-17(14)11-1-2-12-13(7-11)20-6-5-19-12/h1-2,7,16H,3-6,8-10H2/t15-/m1/s1. The van der Waals surface area contributed by atoms with Crippen LogP contribution in [-0.2, 0) is 4.79 Å². The molecule has 1 spiro atoms. The molecule has 5 heteroatoms. The van der Waals surface area contributed by atoms with Crippen LogP contribution < -0.4 is 19.7 Å². The minimum atomic E-state index is 0.129. The van der Waals surface area contributed by atoms with Crippen LogP contribution in [0.25, 0.3) is 0 Å². The molecule has 1 amide bonds. The van der Waals surface area contributed by atoms with Crippen molar-refractivity contribution in [3.8, 4) is 11.5 Å². The van der Waals surface area contributed by atoms with Gasteiger partial charge in [-0.05, 0) is 25.1 Å². The molecule has 4 rings (SSSR count). The van der Waals surface area contributed by atoms with Crippen LogP contribution in [0.3, 0.4) is 0 Å². The minimum absolute atomic E-state index is 0.129. The average molecular weight is 274 g/mol. The van der Waals surface area contributed by atoms with Crippen LogP contribution in [0.5, 0.6) is 11.5 Å². The molecule has 0 aliphatic carbocycles. The third-order valence-corrected chi connectivity index (χ3v) is 4.49. The van der Waals surface area contributed by atoms with E-state index in [4.69, 9.17) is 9.47 Å². The van der Waals surface area contributed by atoms with Gasteiger partial charge in [0.2, 0.25) is 5.91 Å². The largest absolute Gasteiger partial charge is 0.486 e. The molecule has 20 heavy (non-hydrogen) atoms. The summed E-state index contributed by atoms with van der Waals surface area (Å²) in [5, 5.41) is 3.37. The number of rotatable bonds is 1. The van der Waals surface area contributed by atoms with Gasteiger partial charge in [0.15, 0.2) is 11.5 Å². The van der Waals surface area contributed by atoms with Crippen LogP contribution in [0, 0.1) is 5.41 Å². The maximum Gasteiger partial charge on any atom is 0.227 e. The van der Waals surface area contributed by atoms with Gasteiger partial charge in [0, 0.05) is 36.7 Å². The molecule has 0 aromatic heterocycles. The summed E-state index contributed by atoms with van der Waals surface area (Å²) < 4.78 is 11.1. The Bertz CT molecular complexity index is 552. The summed E-state index contributed by atoms with van der Waals surface area (Å²) in [6, 6.07) is 5.77. The van der Waals surface area contributed by atoms with Gasteiger partial charge in [0.05, 0.1) is 0 Å². The van der Waals surface area contributed by atoms with E-state index in [0.29, 0.717) is 19.6 Å². The van der Waals surface area contributed by atoms with Crippen LogP contribution in [0.2, 0.25) is 0 Å². The fourth-order valence-electron chi connectivity index (χ4n) is 3.41. The van der Waals surface area contributed by atoms with Gasteiger partial charge in [-0.2, -0.15) is 0 Å². The normalized spacial score (nSPS) is 28.4. The van der Waals surface area contributed by atoms with Crippen LogP contribution in [-0.4, -0.2) is 38.8 Å². The van der Waals surface area contributed by atoms with Crippen molar-refractivity contribution in [2.24, 2.45) is 5.41 Å². The predicted molar refractivity (Wildman–Crippen MR) is 74.3 cm³/mol. The number of anilines is 1. The zero-order valence-electron chi connectivity index (χ0n) is 11.4. The van der Waals surface area contributed by atoms with Gasteiger partial charge in [-0.3, -0.25) is 4.79 Å². The van der Waals surface area contributed by atoms with Crippen molar-refractivity contribution in [1.29, 1.82) is 0 Å². The van der Waals surface area contributed by atoms with Crippen molar-refractivity contribution in [3.05, 3.63) is 18.2 Å². The zero-order valence-corrected chi connectivity index (χ0v) is 11.4. The topological polar surface area (TPSA) is 50.8 Å². The van der Waals surface area contributed by atoms with E-state index < -0.39 is 0 Å². The number of ether oxygens (including phenoxy) is 2. The van der Waals surface area contributed by atoms with Crippen LogP contribution in [0.4, 0.5) is 5.69 Å². The molecule has 5 nitrogen and oxygen atoms in total. The molecule has 2 saturated heterocycles. The van der Waals surface area contributed by atoms with Crippen molar-refractivity contribution in [1.82, 2.24) is 5.32 Å². The Balaban J connectivity index is 1.62. The lowest BCUT2D eigenvalue weighted by Gasteiger charge is -2.24. The van der Waals surface area contributed by atoms with E-state index in [1.54, 1.807) is 0 Å². The van der Waals surface area contributed by atoms with Crippen molar-refractivity contribution in [3.63, 3.8) is 0 Å². The van der Waals surface area contributed by atoms with E-state index in [9.17, 15) is 4.79 Å². The molecule has 0 radical (unpaired) electrons. The number of carbonyl (C=O) groups is 1.